The van der Waals surface area contributed by atoms with Crippen LogP contribution in [0.15, 0.2) is 79.0 Å². The van der Waals surface area contributed by atoms with Crippen molar-refractivity contribution in [2.24, 2.45) is 0 Å². The summed E-state index contributed by atoms with van der Waals surface area (Å²) in [5.41, 5.74) is 3.11. The Hall–Kier alpha value is -2.88. The molecule has 1 aliphatic rings. The van der Waals surface area contributed by atoms with Gasteiger partial charge in [-0.05, 0) is 34.9 Å². The lowest BCUT2D eigenvalue weighted by Gasteiger charge is -2.10. The van der Waals surface area contributed by atoms with E-state index in [2.05, 4.69) is 17.1 Å². The lowest BCUT2D eigenvalue weighted by molar-refractivity contribution is -0.137. The van der Waals surface area contributed by atoms with E-state index in [1.54, 1.807) is 6.20 Å². The van der Waals surface area contributed by atoms with E-state index in [9.17, 15) is 13.2 Å². The number of nitrogens with zero attached hydrogens (tertiary/aromatic N) is 1. The molecular formula is C21H14F3N. The van der Waals surface area contributed by atoms with E-state index in [4.69, 9.17) is 0 Å². The molecule has 0 amide bonds. The maximum Gasteiger partial charge on any atom is 0.416 e. The van der Waals surface area contributed by atoms with Crippen LogP contribution in [-0.2, 0) is 6.18 Å². The SMILES string of the molecule is FC(F)(F)c1ccc(C2=CC(c3cccc4cccnc34)C=C2)cc1. The first-order valence-corrected chi connectivity index (χ1v) is 7.94. The van der Waals surface area contributed by atoms with Crippen molar-refractivity contribution in [3.05, 3.63) is 95.7 Å². The highest BCUT2D eigenvalue weighted by Crippen LogP contribution is 2.35. The standard InChI is InChI=1S/C21H14F3N/c22-21(23,24)18-10-8-14(9-11-18)16-6-7-17(13-16)19-5-1-3-15-4-2-12-25-20(15)19/h1-13,17H. The average molecular weight is 337 g/mol. The third kappa shape index (κ3) is 2.95. The van der Waals surface area contributed by atoms with E-state index in [0.29, 0.717) is 0 Å². The molecule has 1 aliphatic carbocycles. The highest BCUT2D eigenvalue weighted by Gasteiger charge is 2.30. The second kappa shape index (κ2) is 5.88. The van der Waals surface area contributed by atoms with Gasteiger partial charge in [0.1, 0.15) is 0 Å². The van der Waals surface area contributed by atoms with Gasteiger partial charge >= 0.3 is 6.18 Å². The predicted molar refractivity (Wildman–Crippen MR) is 93.0 cm³/mol. The van der Waals surface area contributed by atoms with Crippen molar-refractivity contribution < 1.29 is 13.2 Å². The van der Waals surface area contributed by atoms with Gasteiger partial charge in [0.15, 0.2) is 0 Å². The van der Waals surface area contributed by atoms with Crippen molar-refractivity contribution in [3.8, 4) is 0 Å². The summed E-state index contributed by atoms with van der Waals surface area (Å²) in [6.07, 6.45) is 3.53. The third-order valence-electron chi connectivity index (χ3n) is 4.41. The largest absolute Gasteiger partial charge is 0.416 e. The zero-order chi connectivity index (χ0) is 17.4. The minimum Gasteiger partial charge on any atom is -0.256 e. The molecule has 0 bridgehead atoms. The smallest absolute Gasteiger partial charge is 0.256 e. The van der Waals surface area contributed by atoms with Crippen molar-refractivity contribution in [3.63, 3.8) is 0 Å². The van der Waals surface area contributed by atoms with Gasteiger partial charge in [-0.2, -0.15) is 13.2 Å². The monoisotopic (exact) mass is 337 g/mol. The van der Waals surface area contributed by atoms with Crippen molar-refractivity contribution in [1.29, 1.82) is 0 Å². The average Bonchev–Trinajstić information content (AvgIpc) is 3.10. The van der Waals surface area contributed by atoms with E-state index in [1.165, 1.54) is 12.1 Å². The topological polar surface area (TPSA) is 12.9 Å². The Morgan fingerprint density at radius 3 is 2.40 bits per heavy atom. The molecule has 1 aromatic heterocycles. The summed E-state index contributed by atoms with van der Waals surface area (Å²) in [5.74, 6) is 0.0656. The van der Waals surface area contributed by atoms with E-state index in [1.807, 2.05) is 36.4 Å². The second-order valence-corrected chi connectivity index (χ2v) is 6.00. The quantitative estimate of drug-likeness (QED) is 0.560. The minimum absolute atomic E-state index is 0.0656. The molecule has 4 rings (SSSR count). The number of hydrogen-bond acceptors (Lipinski definition) is 1. The molecule has 1 nitrogen and oxygen atoms in total. The van der Waals surface area contributed by atoms with Gasteiger partial charge in [0.25, 0.3) is 0 Å². The molecule has 4 heteroatoms. The van der Waals surface area contributed by atoms with Crippen LogP contribution in [0.2, 0.25) is 0 Å². The first kappa shape index (κ1) is 15.6. The summed E-state index contributed by atoms with van der Waals surface area (Å²) in [5, 5.41) is 1.07. The number of para-hydroxylation sites is 1. The number of allylic oxidation sites excluding steroid dienone is 4. The van der Waals surface area contributed by atoms with Gasteiger partial charge in [0.2, 0.25) is 0 Å². The number of halogens is 3. The van der Waals surface area contributed by atoms with Crippen molar-refractivity contribution in [2.45, 2.75) is 12.1 Å². The Morgan fingerprint density at radius 2 is 1.64 bits per heavy atom. The summed E-state index contributed by atoms with van der Waals surface area (Å²) in [7, 11) is 0. The molecule has 0 aliphatic heterocycles. The molecule has 25 heavy (non-hydrogen) atoms. The summed E-state index contributed by atoms with van der Waals surface area (Å²) >= 11 is 0. The van der Waals surface area contributed by atoms with Gasteiger partial charge in [-0.25, -0.2) is 0 Å². The van der Waals surface area contributed by atoms with Crippen molar-refractivity contribution >= 4 is 16.5 Å². The van der Waals surface area contributed by atoms with Crippen LogP contribution in [0.25, 0.3) is 16.5 Å². The number of fused-ring (bicyclic) bond motifs is 1. The van der Waals surface area contributed by atoms with Gasteiger partial charge in [-0.15, -0.1) is 0 Å². The van der Waals surface area contributed by atoms with Crippen LogP contribution in [0.5, 0.6) is 0 Å². The molecule has 0 N–H and O–H groups in total. The molecule has 1 heterocycles. The maximum atomic E-state index is 12.7. The molecule has 1 atom stereocenters. The Morgan fingerprint density at radius 1 is 0.880 bits per heavy atom. The third-order valence-corrected chi connectivity index (χ3v) is 4.41. The Kier molecular flexibility index (Phi) is 3.68. The number of hydrogen-bond donors (Lipinski definition) is 0. The lowest BCUT2D eigenvalue weighted by Crippen LogP contribution is -2.04. The fourth-order valence-corrected chi connectivity index (χ4v) is 3.15. The number of pyridine rings is 1. The molecule has 0 radical (unpaired) electrons. The van der Waals surface area contributed by atoms with E-state index in [-0.39, 0.29) is 5.92 Å². The summed E-state index contributed by atoms with van der Waals surface area (Å²) in [6.45, 7) is 0. The van der Waals surface area contributed by atoms with Crippen LogP contribution in [0, 0.1) is 0 Å². The van der Waals surface area contributed by atoms with E-state index >= 15 is 0 Å². The van der Waals surface area contributed by atoms with E-state index in [0.717, 1.165) is 39.7 Å². The molecular weight excluding hydrogens is 323 g/mol. The van der Waals surface area contributed by atoms with Gasteiger partial charge in [0, 0.05) is 17.5 Å². The second-order valence-electron chi connectivity index (χ2n) is 6.00. The minimum atomic E-state index is -4.31. The zero-order valence-electron chi connectivity index (χ0n) is 13.2. The first-order chi connectivity index (χ1) is 12.0. The Labute approximate surface area is 143 Å². The van der Waals surface area contributed by atoms with Gasteiger partial charge in [-0.3, -0.25) is 4.98 Å². The van der Waals surface area contributed by atoms with Crippen LogP contribution in [0.3, 0.4) is 0 Å². The highest BCUT2D eigenvalue weighted by molar-refractivity contribution is 5.85. The maximum absolute atomic E-state index is 12.7. The number of rotatable bonds is 2. The van der Waals surface area contributed by atoms with Crippen LogP contribution >= 0.6 is 0 Å². The molecule has 0 fully saturated rings. The lowest BCUT2D eigenvalue weighted by atomic mass is 9.97. The van der Waals surface area contributed by atoms with Gasteiger partial charge in [-0.1, -0.05) is 54.6 Å². The van der Waals surface area contributed by atoms with E-state index < -0.39 is 11.7 Å². The van der Waals surface area contributed by atoms with Crippen molar-refractivity contribution in [2.75, 3.05) is 0 Å². The molecule has 0 saturated heterocycles. The summed E-state index contributed by atoms with van der Waals surface area (Å²) in [6, 6.07) is 15.3. The highest BCUT2D eigenvalue weighted by atomic mass is 19.4. The van der Waals surface area contributed by atoms with Gasteiger partial charge < -0.3 is 0 Å². The zero-order valence-corrected chi connectivity index (χ0v) is 13.2. The number of benzene rings is 2. The number of aromatic nitrogens is 1. The Balaban J connectivity index is 1.68. The van der Waals surface area contributed by atoms with Crippen LogP contribution < -0.4 is 0 Å². The normalized spacial score (nSPS) is 17.1. The predicted octanol–water partition coefficient (Wildman–Crippen LogP) is 5.99. The van der Waals surface area contributed by atoms with Crippen molar-refractivity contribution in [1.82, 2.24) is 4.98 Å². The molecule has 124 valence electrons. The fraction of sp³-hybridized carbons (Fsp3) is 0.0952. The molecule has 3 aromatic rings. The summed E-state index contributed by atoms with van der Waals surface area (Å²) in [4.78, 5) is 4.47. The fourth-order valence-electron chi connectivity index (χ4n) is 3.15. The van der Waals surface area contributed by atoms with Crippen LogP contribution in [-0.4, -0.2) is 4.98 Å². The number of alkyl halides is 3. The Bertz CT molecular complexity index is 977. The molecule has 1 unspecified atom stereocenters. The van der Waals surface area contributed by atoms with Crippen LogP contribution in [0.4, 0.5) is 13.2 Å². The molecule has 0 saturated carbocycles. The van der Waals surface area contributed by atoms with Crippen LogP contribution in [0.1, 0.15) is 22.6 Å². The van der Waals surface area contributed by atoms with Gasteiger partial charge in [0.05, 0.1) is 11.1 Å². The molecule has 0 spiro atoms. The molecule has 2 aromatic carbocycles. The summed E-state index contributed by atoms with van der Waals surface area (Å²) < 4.78 is 38.1. The first-order valence-electron chi connectivity index (χ1n) is 7.94.